The van der Waals surface area contributed by atoms with E-state index in [1.165, 1.54) is 12.1 Å². The zero-order valence-corrected chi connectivity index (χ0v) is 16.7. The molecule has 4 aromatic rings. The van der Waals surface area contributed by atoms with Crippen LogP contribution in [0.15, 0.2) is 83.5 Å². The minimum Gasteiger partial charge on any atom is -0.505 e. The molecule has 3 aromatic carbocycles. The number of pyridine rings is 1. The van der Waals surface area contributed by atoms with Gasteiger partial charge in [-0.25, -0.2) is 0 Å². The SMILES string of the molecule is O=[N+]([O-])c1ccc(NC(c2ccc(Br)cc2)c2ccc3cccnc3c2O)cc1. The van der Waals surface area contributed by atoms with Gasteiger partial charge >= 0.3 is 0 Å². The molecule has 0 amide bonds. The molecule has 0 aliphatic rings. The van der Waals surface area contributed by atoms with Gasteiger partial charge in [-0.05, 0) is 35.9 Å². The molecule has 7 heteroatoms. The van der Waals surface area contributed by atoms with E-state index in [0.717, 1.165) is 15.4 Å². The highest BCUT2D eigenvalue weighted by Crippen LogP contribution is 2.37. The van der Waals surface area contributed by atoms with E-state index >= 15 is 0 Å². The van der Waals surface area contributed by atoms with E-state index in [1.54, 1.807) is 18.3 Å². The summed E-state index contributed by atoms with van der Waals surface area (Å²) in [5, 5.41) is 26.1. The Labute approximate surface area is 175 Å². The first-order chi connectivity index (χ1) is 14.0. The largest absolute Gasteiger partial charge is 0.505 e. The van der Waals surface area contributed by atoms with Gasteiger partial charge in [-0.1, -0.05) is 46.3 Å². The van der Waals surface area contributed by atoms with Crippen molar-refractivity contribution in [3.8, 4) is 5.75 Å². The Hall–Kier alpha value is -3.45. The molecule has 0 spiro atoms. The van der Waals surface area contributed by atoms with Crippen LogP contribution in [0.25, 0.3) is 10.9 Å². The van der Waals surface area contributed by atoms with Crippen LogP contribution in [0.3, 0.4) is 0 Å². The van der Waals surface area contributed by atoms with E-state index in [4.69, 9.17) is 0 Å². The lowest BCUT2D eigenvalue weighted by molar-refractivity contribution is -0.384. The number of nitro groups is 1. The molecule has 4 rings (SSSR count). The average molecular weight is 450 g/mol. The topological polar surface area (TPSA) is 88.3 Å². The van der Waals surface area contributed by atoms with Crippen LogP contribution in [0.4, 0.5) is 11.4 Å². The fourth-order valence-corrected chi connectivity index (χ4v) is 3.48. The van der Waals surface area contributed by atoms with Crippen LogP contribution in [-0.4, -0.2) is 15.0 Å². The summed E-state index contributed by atoms with van der Waals surface area (Å²) < 4.78 is 0.944. The number of nitrogens with one attached hydrogen (secondary N) is 1. The van der Waals surface area contributed by atoms with Gasteiger partial charge in [-0.3, -0.25) is 15.1 Å². The van der Waals surface area contributed by atoms with Crippen molar-refractivity contribution in [3.63, 3.8) is 0 Å². The van der Waals surface area contributed by atoms with Gasteiger partial charge in [0.15, 0.2) is 0 Å². The minimum absolute atomic E-state index is 0.0218. The monoisotopic (exact) mass is 449 g/mol. The zero-order valence-electron chi connectivity index (χ0n) is 15.1. The van der Waals surface area contributed by atoms with Gasteiger partial charge in [0, 0.05) is 39.4 Å². The van der Waals surface area contributed by atoms with E-state index in [0.29, 0.717) is 16.8 Å². The highest BCUT2D eigenvalue weighted by molar-refractivity contribution is 9.10. The fraction of sp³-hybridized carbons (Fsp3) is 0.0455. The Kier molecular flexibility index (Phi) is 5.14. The number of nitro benzene ring substituents is 1. The third-order valence-electron chi connectivity index (χ3n) is 4.68. The molecule has 0 saturated carbocycles. The molecule has 0 aliphatic heterocycles. The van der Waals surface area contributed by atoms with E-state index in [2.05, 4.69) is 26.2 Å². The fourth-order valence-electron chi connectivity index (χ4n) is 3.22. The lowest BCUT2D eigenvalue weighted by Crippen LogP contribution is -2.13. The maximum atomic E-state index is 10.9. The lowest BCUT2D eigenvalue weighted by atomic mass is 9.96. The molecule has 0 radical (unpaired) electrons. The Balaban J connectivity index is 1.79. The average Bonchev–Trinajstić information content (AvgIpc) is 2.74. The molecule has 0 saturated heterocycles. The molecule has 0 fully saturated rings. The van der Waals surface area contributed by atoms with Crippen LogP contribution in [0, 0.1) is 10.1 Å². The van der Waals surface area contributed by atoms with Crippen molar-refractivity contribution in [2.24, 2.45) is 0 Å². The Morgan fingerprint density at radius 2 is 1.72 bits per heavy atom. The first-order valence-corrected chi connectivity index (χ1v) is 9.65. The summed E-state index contributed by atoms with van der Waals surface area (Å²) in [6.45, 7) is 0. The number of phenols is 1. The molecule has 0 bridgehead atoms. The van der Waals surface area contributed by atoms with E-state index in [9.17, 15) is 15.2 Å². The molecule has 0 aliphatic carbocycles. The number of rotatable bonds is 5. The Bertz CT molecular complexity index is 1180. The third-order valence-corrected chi connectivity index (χ3v) is 5.21. The second-order valence-electron chi connectivity index (χ2n) is 6.51. The number of aromatic hydroxyl groups is 1. The van der Waals surface area contributed by atoms with Crippen molar-refractivity contribution in [3.05, 3.63) is 105 Å². The van der Waals surface area contributed by atoms with E-state index in [-0.39, 0.29) is 17.5 Å². The molecule has 6 nitrogen and oxygen atoms in total. The molecular formula is C22H16BrN3O3. The van der Waals surface area contributed by atoms with Crippen LogP contribution in [0.2, 0.25) is 0 Å². The summed E-state index contributed by atoms with van der Waals surface area (Å²) in [5.41, 5.74) is 2.84. The number of phenolic OH excluding ortho intramolecular Hbond substituents is 1. The number of halogens is 1. The van der Waals surface area contributed by atoms with Crippen molar-refractivity contribution in [1.29, 1.82) is 0 Å². The summed E-state index contributed by atoms with van der Waals surface area (Å²) in [5.74, 6) is 0.102. The molecular weight excluding hydrogens is 434 g/mol. The molecule has 29 heavy (non-hydrogen) atoms. The maximum absolute atomic E-state index is 10.9. The van der Waals surface area contributed by atoms with Crippen molar-refractivity contribution >= 4 is 38.2 Å². The standard InChI is InChI=1S/C22H16BrN3O3/c23-16-6-3-15(4-7-16)20(25-17-8-10-18(11-9-17)26(28)29)19-12-5-14-2-1-13-24-21(14)22(19)27/h1-13,20,25,27H. The number of fused-ring (bicyclic) bond motifs is 1. The van der Waals surface area contributed by atoms with Crippen molar-refractivity contribution < 1.29 is 10.0 Å². The predicted octanol–water partition coefficient (Wildman–Crippen LogP) is 5.81. The number of anilines is 1. The second-order valence-corrected chi connectivity index (χ2v) is 7.43. The van der Waals surface area contributed by atoms with Gasteiger partial charge in [-0.15, -0.1) is 0 Å². The maximum Gasteiger partial charge on any atom is 0.269 e. The number of non-ortho nitro benzene ring substituents is 1. The quantitative estimate of drug-likeness (QED) is 0.296. The zero-order chi connectivity index (χ0) is 20.4. The van der Waals surface area contributed by atoms with Gasteiger partial charge in [-0.2, -0.15) is 0 Å². The minimum atomic E-state index is -0.434. The number of benzene rings is 3. The van der Waals surface area contributed by atoms with Crippen molar-refractivity contribution in [2.45, 2.75) is 6.04 Å². The summed E-state index contributed by atoms with van der Waals surface area (Å²) in [6, 6.07) is 21.1. The van der Waals surface area contributed by atoms with Crippen LogP contribution in [-0.2, 0) is 0 Å². The number of aromatic nitrogens is 1. The summed E-state index contributed by atoms with van der Waals surface area (Å²) in [6.07, 6.45) is 1.64. The van der Waals surface area contributed by atoms with Gasteiger partial charge in [0.1, 0.15) is 11.3 Å². The molecule has 1 atom stereocenters. The summed E-state index contributed by atoms with van der Waals surface area (Å²) >= 11 is 3.44. The number of nitrogens with zero attached hydrogens (tertiary/aromatic N) is 2. The van der Waals surface area contributed by atoms with Crippen LogP contribution < -0.4 is 5.32 Å². The van der Waals surface area contributed by atoms with E-state index in [1.807, 2.05) is 48.5 Å². The molecule has 1 heterocycles. The molecule has 144 valence electrons. The summed E-state index contributed by atoms with van der Waals surface area (Å²) in [4.78, 5) is 14.8. The van der Waals surface area contributed by atoms with Gasteiger partial charge in [0.05, 0.1) is 11.0 Å². The Morgan fingerprint density at radius 1 is 1.00 bits per heavy atom. The highest BCUT2D eigenvalue weighted by Gasteiger charge is 2.20. The number of hydrogen-bond acceptors (Lipinski definition) is 5. The van der Waals surface area contributed by atoms with E-state index < -0.39 is 4.92 Å². The second kappa shape index (κ2) is 7.89. The first kappa shape index (κ1) is 18.9. The van der Waals surface area contributed by atoms with Crippen LogP contribution in [0.5, 0.6) is 5.75 Å². The van der Waals surface area contributed by atoms with Crippen LogP contribution in [0.1, 0.15) is 17.2 Å². The normalized spacial score (nSPS) is 11.9. The van der Waals surface area contributed by atoms with Gasteiger partial charge in [0.2, 0.25) is 0 Å². The highest BCUT2D eigenvalue weighted by atomic mass is 79.9. The molecule has 1 aromatic heterocycles. The lowest BCUT2D eigenvalue weighted by Gasteiger charge is -2.22. The van der Waals surface area contributed by atoms with Gasteiger partial charge in [0.25, 0.3) is 5.69 Å². The predicted molar refractivity (Wildman–Crippen MR) is 116 cm³/mol. The third kappa shape index (κ3) is 3.90. The van der Waals surface area contributed by atoms with Crippen molar-refractivity contribution in [2.75, 3.05) is 5.32 Å². The van der Waals surface area contributed by atoms with Crippen LogP contribution >= 0.6 is 15.9 Å². The number of hydrogen-bond donors (Lipinski definition) is 2. The molecule has 2 N–H and O–H groups in total. The molecule has 1 unspecified atom stereocenters. The van der Waals surface area contributed by atoms with Crippen molar-refractivity contribution in [1.82, 2.24) is 4.98 Å². The Morgan fingerprint density at radius 3 is 2.41 bits per heavy atom. The smallest absolute Gasteiger partial charge is 0.269 e. The first-order valence-electron chi connectivity index (χ1n) is 8.86. The summed E-state index contributed by atoms with van der Waals surface area (Å²) in [7, 11) is 0. The van der Waals surface area contributed by atoms with Gasteiger partial charge < -0.3 is 10.4 Å².